The molecule has 1 aromatic rings. The van der Waals surface area contributed by atoms with Crippen LogP contribution < -0.4 is 10.1 Å². The Kier molecular flexibility index (Phi) is 5.48. The van der Waals surface area contributed by atoms with Crippen LogP contribution in [0.25, 0.3) is 0 Å². The normalized spacial score (nSPS) is 14.9. The molecule has 0 bridgehead atoms. The van der Waals surface area contributed by atoms with E-state index in [4.69, 9.17) is 10.00 Å². The molecule has 0 amide bonds. The van der Waals surface area contributed by atoms with E-state index in [-0.39, 0.29) is 17.5 Å². The number of halogens is 1. The molecule has 0 fully saturated rings. The highest BCUT2D eigenvalue weighted by Crippen LogP contribution is 2.31. The molecular formula is C13H16BrN3O3. The van der Waals surface area contributed by atoms with Gasteiger partial charge < -0.3 is 10.1 Å². The highest BCUT2D eigenvalue weighted by atomic mass is 79.9. The van der Waals surface area contributed by atoms with Crippen LogP contribution in [0.5, 0.6) is 5.75 Å². The Morgan fingerprint density at radius 3 is 2.80 bits per heavy atom. The Labute approximate surface area is 126 Å². The second-order valence-electron chi connectivity index (χ2n) is 4.70. The van der Waals surface area contributed by atoms with Gasteiger partial charge in [0.1, 0.15) is 5.54 Å². The Morgan fingerprint density at radius 1 is 1.65 bits per heavy atom. The van der Waals surface area contributed by atoms with Crippen molar-refractivity contribution in [3.05, 3.63) is 32.8 Å². The van der Waals surface area contributed by atoms with Crippen molar-refractivity contribution in [2.45, 2.75) is 31.9 Å². The van der Waals surface area contributed by atoms with Crippen LogP contribution in [0.1, 0.15) is 20.3 Å². The quantitative estimate of drug-likeness (QED) is 0.634. The fraction of sp³-hybridized carbons (Fsp3) is 0.462. The molecule has 0 aliphatic heterocycles. The molecule has 0 saturated heterocycles. The fourth-order valence-electron chi connectivity index (χ4n) is 1.77. The maximum Gasteiger partial charge on any atom is 0.312 e. The van der Waals surface area contributed by atoms with Crippen LogP contribution in [0.3, 0.4) is 0 Å². The number of hydrogen-bond acceptors (Lipinski definition) is 5. The van der Waals surface area contributed by atoms with E-state index in [1.807, 2.05) is 0 Å². The predicted octanol–water partition coefficient (Wildman–Crippen LogP) is 3.02. The monoisotopic (exact) mass is 341 g/mol. The summed E-state index contributed by atoms with van der Waals surface area (Å²) in [5.74, 6) is 0.196. The van der Waals surface area contributed by atoms with Crippen molar-refractivity contribution >= 4 is 21.6 Å². The molecule has 2 atom stereocenters. The Balaban J connectivity index is 2.89. The summed E-state index contributed by atoms with van der Waals surface area (Å²) in [5.41, 5.74) is -0.835. The largest absolute Gasteiger partial charge is 0.484 e. The maximum absolute atomic E-state index is 11.0. The number of nitriles is 1. The number of benzene rings is 1. The summed E-state index contributed by atoms with van der Waals surface area (Å²) in [6, 6.07) is 6.77. The lowest BCUT2D eigenvalue weighted by molar-refractivity contribution is -0.386. The van der Waals surface area contributed by atoms with Gasteiger partial charge in [0.15, 0.2) is 5.75 Å². The van der Waals surface area contributed by atoms with Crippen molar-refractivity contribution in [3.63, 3.8) is 0 Å². The van der Waals surface area contributed by atoms with Crippen molar-refractivity contribution in [1.29, 1.82) is 5.26 Å². The second kappa shape index (κ2) is 6.68. The van der Waals surface area contributed by atoms with Gasteiger partial charge in [-0.25, -0.2) is 0 Å². The van der Waals surface area contributed by atoms with Crippen LogP contribution in [0, 0.1) is 21.4 Å². The number of ether oxygens (including phenoxy) is 1. The minimum atomic E-state index is -0.733. The zero-order valence-corrected chi connectivity index (χ0v) is 13.1. The SMILES string of the molecule is CNC(C)(C#N)CC(C)Oc1ccc(Br)cc1[N+](=O)[O-]. The lowest BCUT2D eigenvalue weighted by Crippen LogP contribution is -2.41. The van der Waals surface area contributed by atoms with Crippen molar-refractivity contribution < 1.29 is 9.66 Å². The van der Waals surface area contributed by atoms with Crippen molar-refractivity contribution in [2.75, 3.05) is 7.05 Å². The van der Waals surface area contributed by atoms with Gasteiger partial charge in [0.05, 0.1) is 17.1 Å². The fourth-order valence-corrected chi connectivity index (χ4v) is 2.12. The molecule has 0 radical (unpaired) electrons. The topological polar surface area (TPSA) is 88.2 Å². The zero-order valence-electron chi connectivity index (χ0n) is 11.5. The first-order valence-corrected chi connectivity index (χ1v) is 6.81. The third-order valence-corrected chi connectivity index (χ3v) is 3.43. The standard InChI is InChI=1S/C13H16BrN3O3/c1-9(7-13(2,8-15)16-3)20-12-5-4-10(14)6-11(12)17(18)19/h4-6,9,16H,7H2,1-3H3. The number of hydrogen-bond donors (Lipinski definition) is 1. The molecular weight excluding hydrogens is 326 g/mol. The average molecular weight is 342 g/mol. The summed E-state index contributed by atoms with van der Waals surface area (Å²) in [5, 5.41) is 23.0. The molecule has 0 aliphatic rings. The number of nitro groups is 1. The van der Waals surface area contributed by atoms with Gasteiger partial charge in [0, 0.05) is 17.0 Å². The highest BCUT2D eigenvalue weighted by molar-refractivity contribution is 9.10. The molecule has 0 aromatic heterocycles. The summed E-state index contributed by atoms with van der Waals surface area (Å²) in [6.45, 7) is 3.53. The maximum atomic E-state index is 11.0. The molecule has 1 rings (SSSR count). The third-order valence-electron chi connectivity index (χ3n) is 2.94. The minimum absolute atomic E-state index is 0.102. The predicted molar refractivity (Wildman–Crippen MR) is 78.6 cm³/mol. The molecule has 0 heterocycles. The van der Waals surface area contributed by atoms with Crippen LogP contribution in [0.15, 0.2) is 22.7 Å². The number of nitro benzene ring substituents is 1. The van der Waals surface area contributed by atoms with E-state index in [1.54, 1.807) is 33.0 Å². The van der Waals surface area contributed by atoms with E-state index in [1.165, 1.54) is 6.07 Å². The first-order valence-electron chi connectivity index (χ1n) is 6.02. The Morgan fingerprint density at radius 2 is 2.30 bits per heavy atom. The van der Waals surface area contributed by atoms with Gasteiger partial charge in [-0.3, -0.25) is 10.1 Å². The van der Waals surface area contributed by atoms with E-state index in [0.717, 1.165) is 0 Å². The number of rotatable bonds is 6. The number of nitrogens with one attached hydrogen (secondary N) is 1. The second-order valence-corrected chi connectivity index (χ2v) is 5.61. The van der Waals surface area contributed by atoms with Crippen molar-refractivity contribution in [1.82, 2.24) is 5.32 Å². The van der Waals surface area contributed by atoms with E-state index in [2.05, 4.69) is 27.3 Å². The molecule has 108 valence electrons. The average Bonchev–Trinajstić information content (AvgIpc) is 2.40. The van der Waals surface area contributed by atoms with Gasteiger partial charge in [0.25, 0.3) is 0 Å². The summed E-state index contributed by atoms with van der Waals surface area (Å²) < 4.78 is 6.22. The molecule has 0 spiro atoms. The zero-order chi connectivity index (χ0) is 15.3. The van der Waals surface area contributed by atoms with Gasteiger partial charge in [-0.2, -0.15) is 5.26 Å². The lowest BCUT2D eigenvalue weighted by atomic mass is 9.97. The highest BCUT2D eigenvalue weighted by Gasteiger charge is 2.26. The first kappa shape index (κ1) is 16.4. The first-order chi connectivity index (χ1) is 9.31. The minimum Gasteiger partial charge on any atom is -0.484 e. The molecule has 1 aromatic carbocycles. The molecule has 1 N–H and O–H groups in total. The van der Waals surface area contributed by atoms with E-state index in [9.17, 15) is 10.1 Å². The van der Waals surface area contributed by atoms with Crippen LogP contribution in [-0.4, -0.2) is 23.6 Å². The molecule has 6 nitrogen and oxygen atoms in total. The third kappa shape index (κ3) is 4.18. The molecule has 20 heavy (non-hydrogen) atoms. The molecule has 7 heteroatoms. The van der Waals surface area contributed by atoms with E-state index >= 15 is 0 Å². The van der Waals surface area contributed by atoms with Crippen LogP contribution in [-0.2, 0) is 0 Å². The summed E-state index contributed by atoms with van der Waals surface area (Å²) in [7, 11) is 1.69. The lowest BCUT2D eigenvalue weighted by Gasteiger charge is -2.25. The summed E-state index contributed by atoms with van der Waals surface area (Å²) in [4.78, 5) is 10.5. The van der Waals surface area contributed by atoms with Gasteiger partial charge in [-0.15, -0.1) is 0 Å². The van der Waals surface area contributed by atoms with Crippen LogP contribution in [0.4, 0.5) is 5.69 Å². The van der Waals surface area contributed by atoms with Crippen molar-refractivity contribution in [2.24, 2.45) is 0 Å². The van der Waals surface area contributed by atoms with Gasteiger partial charge in [0.2, 0.25) is 0 Å². The van der Waals surface area contributed by atoms with Gasteiger partial charge in [-0.05, 0) is 33.0 Å². The molecule has 0 aliphatic carbocycles. The van der Waals surface area contributed by atoms with Gasteiger partial charge in [-0.1, -0.05) is 15.9 Å². The smallest absolute Gasteiger partial charge is 0.312 e. The van der Waals surface area contributed by atoms with E-state index < -0.39 is 10.5 Å². The van der Waals surface area contributed by atoms with Crippen molar-refractivity contribution in [3.8, 4) is 11.8 Å². The number of nitrogens with zero attached hydrogens (tertiary/aromatic N) is 2. The Hall–Kier alpha value is -1.65. The van der Waals surface area contributed by atoms with Crippen LogP contribution >= 0.6 is 15.9 Å². The van der Waals surface area contributed by atoms with Crippen LogP contribution in [0.2, 0.25) is 0 Å². The molecule has 0 saturated carbocycles. The summed E-state index contributed by atoms with van der Waals surface area (Å²) >= 11 is 3.19. The molecule has 2 unspecified atom stereocenters. The summed E-state index contributed by atoms with van der Waals surface area (Å²) in [6.07, 6.45) is 0.0692. The van der Waals surface area contributed by atoms with Gasteiger partial charge >= 0.3 is 5.69 Å². The van der Waals surface area contributed by atoms with E-state index in [0.29, 0.717) is 10.9 Å². The Bertz CT molecular complexity index is 544.